The van der Waals surface area contributed by atoms with Gasteiger partial charge < -0.3 is 5.11 Å². The van der Waals surface area contributed by atoms with Gasteiger partial charge in [0.1, 0.15) is 0 Å². The molecule has 1 N–H and O–H groups in total. The van der Waals surface area contributed by atoms with Crippen LogP contribution in [-0.2, 0) is 11.2 Å². The molecule has 0 aliphatic heterocycles. The summed E-state index contributed by atoms with van der Waals surface area (Å²) in [5, 5.41) is 10.8. The van der Waals surface area contributed by atoms with E-state index in [2.05, 4.69) is 4.98 Å². The van der Waals surface area contributed by atoms with Gasteiger partial charge in [0.15, 0.2) is 0 Å². The van der Waals surface area contributed by atoms with Crippen LogP contribution in [0, 0.1) is 6.92 Å². The van der Waals surface area contributed by atoms with Gasteiger partial charge in [-0.05, 0) is 17.9 Å². The number of hydrogen-bond acceptors (Lipinski definition) is 2. The number of aliphatic carboxylic acids is 1. The molecule has 3 heteroatoms. The molecule has 1 heterocycles. The monoisotopic (exact) mass is 201 g/mol. The van der Waals surface area contributed by atoms with Gasteiger partial charge in [0.05, 0.1) is 6.42 Å². The largest absolute Gasteiger partial charge is 0.481 e. The predicted molar refractivity (Wildman–Crippen MR) is 57.8 cm³/mol. The Morgan fingerprint density at radius 2 is 2.00 bits per heavy atom. The first-order valence-electron chi connectivity index (χ1n) is 4.73. The fourth-order valence-corrected chi connectivity index (χ4v) is 1.70. The number of benzene rings is 1. The number of carboxylic acid groups (broad SMARTS) is 1. The number of carboxylic acids is 1. The van der Waals surface area contributed by atoms with Crippen molar-refractivity contribution in [2.45, 2.75) is 13.3 Å². The molecule has 1 aromatic heterocycles. The maximum atomic E-state index is 10.7. The summed E-state index contributed by atoms with van der Waals surface area (Å²) >= 11 is 0. The lowest BCUT2D eigenvalue weighted by Gasteiger charge is -2.05. The highest BCUT2D eigenvalue weighted by molar-refractivity contribution is 5.89. The normalized spacial score (nSPS) is 10.5. The van der Waals surface area contributed by atoms with Crippen LogP contribution in [0.15, 0.2) is 30.5 Å². The maximum absolute atomic E-state index is 10.7. The average molecular weight is 201 g/mol. The minimum absolute atomic E-state index is 0.0216. The van der Waals surface area contributed by atoms with Gasteiger partial charge in [-0.1, -0.05) is 24.3 Å². The highest BCUT2D eigenvalue weighted by Crippen LogP contribution is 2.20. The van der Waals surface area contributed by atoms with E-state index in [-0.39, 0.29) is 6.42 Å². The molecule has 0 bridgehead atoms. The number of nitrogens with zero attached hydrogens (tertiary/aromatic N) is 1. The van der Waals surface area contributed by atoms with Crippen LogP contribution in [0.2, 0.25) is 0 Å². The first kappa shape index (κ1) is 9.65. The number of hydrogen-bond donors (Lipinski definition) is 1. The molecule has 0 unspecified atom stereocenters. The summed E-state index contributed by atoms with van der Waals surface area (Å²) in [7, 11) is 0. The van der Waals surface area contributed by atoms with Crippen LogP contribution >= 0.6 is 0 Å². The zero-order valence-corrected chi connectivity index (χ0v) is 8.40. The van der Waals surface area contributed by atoms with Gasteiger partial charge in [0.25, 0.3) is 0 Å². The molecule has 1 aromatic carbocycles. The molecule has 0 amide bonds. The molecule has 0 saturated carbocycles. The highest BCUT2D eigenvalue weighted by Gasteiger charge is 2.07. The molecule has 15 heavy (non-hydrogen) atoms. The van der Waals surface area contributed by atoms with Crippen molar-refractivity contribution in [2.75, 3.05) is 0 Å². The smallest absolute Gasteiger partial charge is 0.307 e. The Balaban J connectivity index is 2.66. The van der Waals surface area contributed by atoms with Gasteiger partial charge in [-0.2, -0.15) is 0 Å². The Kier molecular flexibility index (Phi) is 2.37. The third kappa shape index (κ3) is 1.81. The molecule has 0 aliphatic carbocycles. The Morgan fingerprint density at radius 3 is 2.67 bits per heavy atom. The van der Waals surface area contributed by atoms with Crippen molar-refractivity contribution in [3.05, 3.63) is 41.7 Å². The minimum Gasteiger partial charge on any atom is -0.481 e. The van der Waals surface area contributed by atoms with Gasteiger partial charge in [-0.3, -0.25) is 9.78 Å². The van der Waals surface area contributed by atoms with E-state index in [1.807, 2.05) is 31.2 Å². The molecular formula is C12H11NO2. The van der Waals surface area contributed by atoms with Crippen LogP contribution in [0.3, 0.4) is 0 Å². The summed E-state index contributed by atoms with van der Waals surface area (Å²) in [6.07, 6.45) is 1.67. The van der Waals surface area contributed by atoms with E-state index in [1.54, 1.807) is 6.20 Å². The standard InChI is InChI=1S/C12H11NO2/c1-8-10-4-2-3-5-11(10)9(7-13-8)6-12(14)15/h2-5,7H,6H2,1H3,(H,14,15). The third-order valence-corrected chi connectivity index (χ3v) is 2.42. The molecule has 0 aliphatic rings. The number of aryl methyl sites for hydroxylation is 1. The van der Waals surface area contributed by atoms with Crippen molar-refractivity contribution >= 4 is 16.7 Å². The summed E-state index contributed by atoms with van der Waals surface area (Å²) in [4.78, 5) is 14.9. The third-order valence-electron chi connectivity index (χ3n) is 2.42. The topological polar surface area (TPSA) is 50.2 Å². The lowest BCUT2D eigenvalue weighted by molar-refractivity contribution is -0.136. The molecule has 2 rings (SSSR count). The van der Waals surface area contributed by atoms with E-state index in [0.29, 0.717) is 0 Å². The lowest BCUT2D eigenvalue weighted by atomic mass is 10.0. The Morgan fingerprint density at radius 1 is 1.33 bits per heavy atom. The van der Waals surface area contributed by atoms with Gasteiger partial charge in [-0.15, -0.1) is 0 Å². The highest BCUT2D eigenvalue weighted by atomic mass is 16.4. The van der Waals surface area contributed by atoms with Gasteiger partial charge >= 0.3 is 5.97 Å². The van der Waals surface area contributed by atoms with Crippen LogP contribution in [0.25, 0.3) is 10.8 Å². The summed E-state index contributed by atoms with van der Waals surface area (Å²) < 4.78 is 0. The van der Waals surface area contributed by atoms with E-state index in [0.717, 1.165) is 22.0 Å². The Hall–Kier alpha value is -1.90. The number of rotatable bonds is 2. The molecule has 3 nitrogen and oxygen atoms in total. The SMILES string of the molecule is Cc1ncc(CC(=O)O)c2ccccc12. The zero-order chi connectivity index (χ0) is 10.8. The molecule has 0 saturated heterocycles. The summed E-state index contributed by atoms with van der Waals surface area (Å²) in [6.45, 7) is 1.92. The van der Waals surface area contributed by atoms with Crippen molar-refractivity contribution in [3.63, 3.8) is 0 Å². The summed E-state index contributed by atoms with van der Waals surface area (Å²) in [5.41, 5.74) is 1.70. The lowest BCUT2D eigenvalue weighted by Crippen LogP contribution is -2.02. The molecular weight excluding hydrogens is 190 g/mol. The average Bonchev–Trinajstić information content (AvgIpc) is 2.22. The van der Waals surface area contributed by atoms with Crippen LogP contribution in [0.4, 0.5) is 0 Å². The van der Waals surface area contributed by atoms with E-state index in [9.17, 15) is 4.79 Å². The van der Waals surface area contributed by atoms with Crippen LogP contribution in [0.5, 0.6) is 0 Å². The second-order valence-corrected chi connectivity index (χ2v) is 3.48. The van der Waals surface area contributed by atoms with Crippen LogP contribution < -0.4 is 0 Å². The molecule has 76 valence electrons. The number of carbonyl (C=O) groups is 1. The second-order valence-electron chi connectivity index (χ2n) is 3.48. The van der Waals surface area contributed by atoms with Crippen molar-refractivity contribution in [1.29, 1.82) is 0 Å². The fourth-order valence-electron chi connectivity index (χ4n) is 1.70. The molecule has 2 aromatic rings. The molecule has 0 radical (unpaired) electrons. The van der Waals surface area contributed by atoms with Crippen LogP contribution in [0.1, 0.15) is 11.3 Å². The van der Waals surface area contributed by atoms with Crippen molar-refractivity contribution in [3.8, 4) is 0 Å². The first-order chi connectivity index (χ1) is 7.18. The molecule has 0 fully saturated rings. The van der Waals surface area contributed by atoms with E-state index in [4.69, 9.17) is 5.11 Å². The minimum atomic E-state index is -0.828. The quantitative estimate of drug-likeness (QED) is 0.810. The predicted octanol–water partition coefficient (Wildman–Crippen LogP) is 2.17. The fraction of sp³-hybridized carbons (Fsp3) is 0.167. The maximum Gasteiger partial charge on any atom is 0.307 e. The first-order valence-corrected chi connectivity index (χ1v) is 4.73. The zero-order valence-electron chi connectivity index (χ0n) is 8.40. The van der Waals surface area contributed by atoms with Crippen molar-refractivity contribution in [2.24, 2.45) is 0 Å². The van der Waals surface area contributed by atoms with Crippen LogP contribution in [-0.4, -0.2) is 16.1 Å². The van der Waals surface area contributed by atoms with E-state index < -0.39 is 5.97 Å². The van der Waals surface area contributed by atoms with Gasteiger partial charge in [0.2, 0.25) is 0 Å². The van der Waals surface area contributed by atoms with Gasteiger partial charge in [-0.25, -0.2) is 0 Å². The molecule has 0 atom stereocenters. The van der Waals surface area contributed by atoms with E-state index in [1.165, 1.54) is 0 Å². The number of fused-ring (bicyclic) bond motifs is 1. The Bertz CT molecular complexity index is 520. The summed E-state index contributed by atoms with van der Waals surface area (Å²) in [5.74, 6) is -0.828. The molecule has 0 spiro atoms. The van der Waals surface area contributed by atoms with Crippen molar-refractivity contribution in [1.82, 2.24) is 4.98 Å². The Labute approximate surface area is 87.4 Å². The van der Waals surface area contributed by atoms with Crippen molar-refractivity contribution < 1.29 is 9.90 Å². The summed E-state index contributed by atoms with van der Waals surface area (Å²) in [6, 6.07) is 7.74. The van der Waals surface area contributed by atoms with Gasteiger partial charge in [0, 0.05) is 17.3 Å². The number of aromatic nitrogens is 1. The number of pyridine rings is 1. The van der Waals surface area contributed by atoms with E-state index >= 15 is 0 Å². The second kappa shape index (κ2) is 3.69.